The van der Waals surface area contributed by atoms with Gasteiger partial charge in [0.25, 0.3) is 0 Å². The number of benzene rings is 2. The Bertz CT molecular complexity index is 673. The molecule has 2 rings (SSSR count). The molecule has 1 unspecified atom stereocenters. The van der Waals surface area contributed by atoms with Gasteiger partial charge in [-0.2, -0.15) is 0 Å². The van der Waals surface area contributed by atoms with E-state index in [0.717, 1.165) is 17.1 Å². The van der Waals surface area contributed by atoms with E-state index in [1.54, 1.807) is 25.8 Å². The summed E-state index contributed by atoms with van der Waals surface area (Å²) in [4.78, 5) is 13.3. The molecule has 25 heavy (non-hydrogen) atoms. The van der Waals surface area contributed by atoms with Gasteiger partial charge in [-0.1, -0.05) is 29.8 Å². The van der Waals surface area contributed by atoms with Crippen LogP contribution in [0.2, 0.25) is 0 Å². The number of thioether (sulfide) groups is 1. The third-order valence-corrected chi connectivity index (χ3v) is 4.71. The van der Waals surface area contributed by atoms with Crippen LogP contribution in [-0.4, -0.2) is 31.4 Å². The molecule has 5 heteroatoms. The Hall–Kier alpha value is -1.98. The van der Waals surface area contributed by atoms with E-state index >= 15 is 0 Å². The molecular formula is C20H25NO3S. The Labute approximate surface area is 153 Å². The highest BCUT2D eigenvalue weighted by atomic mass is 32.2. The number of hydrogen-bond acceptors (Lipinski definition) is 4. The van der Waals surface area contributed by atoms with Crippen LogP contribution in [0.5, 0.6) is 5.75 Å². The number of hydrogen-bond donors (Lipinski definition) is 1. The summed E-state index contributed by atoms with van der Waals surface area (Å²) in [6, 6.07) is 16.0. The lowest BCUT2D eigenvalue weighted by molar-refractivity contribution is -0.132. The van der Waals surface area contributed by atoms with Gasteiger partial charge in [0, 0.05) is 17.2 Å². The van der Waals surface area contributed by atoms with Crippen LogP contribution in [-0.2, 0) is 16.1 Å². The highest BCUT2D eigenvalue weighted by Gasteiger charge is 2.12. The number of nitrogens with one attached hydrogen (secondary N) is 1. The predicted molar refractivity (Wildman–Crippen MR) is 102 cm³/mol. The molecule has 0 aromatic heterocycles. The molecule has 0 spiro atoms. The second-order valence-corrected chi connectivity index (χ2v) is 6.93. The van der Waals surface area contributed by atoms with Crippen molar-refractivity contribution < 1.29 is 14.3 Å². The molecule has 2 aromatic carbocycles. The minimum atomic E-state index is -0.490. The summed E-state index contributed by atoms with van der Waals surface area (Å²) < 4.78 is 10.8. The van der Waals surface area contributed by atoms with Gasteiger partial charge in [0.05, 0.1) is 13.7 Å². The third kappa shape index (κ3) is 6.80. The van der Waals surface area contributed by atoms with Gasteiger partial charge in [0.15, 0.2) is 0 Å². The number of rotatable bonds is 9. The molecule has 0 aliphatic carbocycles. The van der Waals surface area contributed by atoms with Crippen molar-refractivity contribution in [3.8, 4) is 5.75 Å². The summed E-state index contributed by atoms with van der Waals surface area (Å²) in [6.45, 7) is 4.83. The minimum Gasteiger partial charge on any atom is -0.497 e. The van der Waals surface area contributed by atoms with Gasteiger partial charge in [-0.05, 0) is 43.7 Å². The lowest BCUT2D eigenvalue weighted by Gasteiger charge is -2.14. The van der Waals surface area contributed by atoms with E-state index < -0.39 is 6.10 Å². The van der Waals surface area contributed by atoms with Gasteiger partial charge in [-0.15, -0.1) is 11.8 Å². The Morgan fingerprint density at radius 1 is 1.20 bits per heavy atom. The summed E-state index contributed by atoms with van der Waals surface area (Å²) in [5.41, 5.74) is 2.23. The maximum Gasteiger partial charge on any atom is 0.248 e. The second-order valence-electron chi connectivity index (χ2n) is 5.76. The number of methoxy groups -OCH3 is 1. The molecular weight excluding hydrogens is 334 g/mol. The topological polar surface area (TPSA) is 47.6 Å². The van der Waals surface area contributed by atoms with Crippen molar-refractivity contribution >= 4 is 17.7 Å². The molecule has 134 valence electrons. The van der Waals surface area contributed by atoms with E-state index in [1.165, 1.54) is 10.5 Å². The first-order valence-corrected chi connectivity index (χ1v) is 9.29. The lowest BCUT2D eigenvalue weighted by Crippen LogP contribution is -2.35. The van der Waals surface area contributed by atoms with E-state index in [-0.39, 0.29) is 5.91 Å². The van der Waals surface area contributed by atoms with Crippen molar-refractivity contribution in [3.63, 3.8) is 0 Å². The van der Waals surface area contributed by atoms with Crippen LogP contribution >= 0.6 is 11.8 Å². The van der Waals surface area contributed by atoms with Crippen molar-refractivity contribution in [1.82, 2.24) is 5.32 Å². The molecule has 1 amide bonds. The SMILES string of the molecule is COc1cccc(COC(C)C(=O)NCCSc2ccc(C)cc2)c1. The molecule has 0 fully saturated rings. The molecule has 0 heterocycles. The van der Waals surface area contributed by atoms with Crippen molar-refractivity contribution in [3.05, 3.63) is 59.7 Å². The highest BCUT2D eigenvalue weighted by molar-refractivity contribution is 7.99. The van der Waals surface area contributed by atoms with Crippen LogP contribution in [0.15, 0.2) is 53.4 Å². The van der Waals surface area contributed by atoms with Crippen LogP contribution in [0, 0.1) is 6.92 Å². The predicted octanol–water partition coefficient (Wildman–Crippen LogP) is 3.82. The molecule has 2 aromatic rings. The normalized spacial score (nSPS) is 11.8. The number of carbonyl (C=O) groups is 1. The Kier molecular flexibility index (Phi) is 7.82. The molecule has 0 aliphatic rings. The molecule has 0 radical (unpaired) electrons. The molecule has 0 saturated heterocycles. The maximum absolute atomic E-state index is 12.1. The summed E-state index contributed by atoms with van der Waals surface area (Å²) in [6.07, 6.45) is -0.490. The fourth-order valence-corrected chi connectivity index (χ4v) is 2.95. The largest absolute Gasteiger partial charge is 0.497 e. The fraction of sp³-hybridized carbons (Fsp3) is 0.350. The van der Waals surface area contributed by atoms with E-state index in [0.29, 0.717) is 13.2 Å². The van der Waals surface area contributed by atoms with Crippen LogP contribution in [0.25, 0.3) is 0 Å². The first kappa shape index (κ1) is 19.3. The average Bonchev–Trinajstić information content (AvgIpc) is 2.64. The summed E-state index contributed by atoms with van der Waals surface area (Å²) in [5, 5.41) is 2.91. The van der Waals surface area contributed by atoms with Gasteiger partial charge < -0.3 is 14.8 Å². The molecule has 1 atom stereocenters. The van der Waals surface area contributed by atoms with Gasteiger partial charge >= 0.3 is 0 Å². The maximum atomic E-state index is 12.1. The quantitative estimate of drug-likeness (QED) is 0.546. The Morgan fingerprint density at radius 3 is 2.68 bits per heavy atom. The Balaban J connectivity index is 1.66. The van der Waals surface area contributed by atoms with E-state index in [2.05, 4.69) is 36.5 Å². The average molecular weight is 359 g/mol. The molecule has 0 bridgehead atoms. The molecule has 0 aliphatic heterocycles. The lowest BCUT2D eigenvalue weighted by atomic mass is 10.2. The number of carbonyl (C=O) groups excluding carboxylic acids is 1. The van der Waals surface area contributed by atoms with Gasteiger partial charge in [0.2, 0.25) is 5.91 Å². The Morgan fingerprint density at radius 2 is 1.96 bits per heavy atom. The zero-order valence-electron chi connectivity index (χ0n) is 15.0. The first-order valence-electron chi connectivity index (χ1n) is 8.30. The van der Waals surface area contributed by atoms with E-state index in [9.17, 15) is 4.79 Å². The molecule has 1 N–H and O–H groups in total. The van der Waals surface area contributed by atoms with Gasteiger partial charge in [-0.3, -0.25) is 4.79 Å². The van der Waals surface area contributed by atoms with Crippen LogP contribution in [0.3, 0.4) is 0 Å². The minimum absolute atomic E-state index is 0.0904. The summed E-state index contributed by atoms with van der Waals surface area (Å²) in [7, 11) is 1.63. The highest BCUT2D eigenvalue weighted by Crippen LogP contribution is 2.17. The monoisotopic (exact) mass is 359 g/mol. The third-order valence-electron chi connectivity index (χ3n) is 3.69. The van der Waals surface area contributed by atoms with E-state index in [4.69, 9.17) is 9.47 Å². The van der Waals surface area contributed by atoms with Crippen molar-refractivity contribution in [2.45, 2.75) is 31.5 Å². The first-order chi connectivity index (χ1) is 12.1. The number of ether oxygens (including phenoxy) is 2. The smallest absolute Gasteiger partial charge is 0.248 e. The van der Waals surface area contributed by atoms with Crippen LogP contribution in [0.4, 0.5) is 0 Å². The standard InChI is InChI=1S/C20H25NO3S/c1-15-7-9-19(10-8-15)25-12-11-21-20(22)16(2)24-14-17-5-4-6-18(13-17)23-3/h4-10,13,16H,11-12,14H2,1-3H3,(H,21,22). The van der Waals surface area contributed by atoms with Crippen molar-refractivity contribution in [1.29, 1.82) is 0 Å². The van der Waals surface area contributed by atoms with Crippen molar-refractivity contribution in [2.75, 3.05) is 19.4 Å². The van der Waals surface area contributed by atoms with E-state index in [1.807, 2.05) is 24.3 Å². The van der Waals surface area contributed by atoms with Gasteiger partial charge in [-0.25, -0.2) is 0 Å². The zero-order valence-corrected chi connectivity index (χ0v) is 15.8. The second kappa shape index (κ2) is 10.1. The summed E-state index contributed by atoms with van der Waals surface area (Å²) in [5.74, 6) is 1.52. The molecule has 0 saturated carbocycles. The van der Waals surface area contributed by atoms with Crippen molar-refractivity contribution in [2.24, 2.45) is 0 Å². The zero-order chi connectivity index (χ0) is 18.1. The fourth-order valence-electron chi connectivity index (χ4n) is 2.18. The number of amides is 1. The summed E-state index contributed by atoms with van der Waals surface area (Å²) >= 11 is 1.73. The van der Waals surface area contributed by atoms with Crippen LogP contribution in [0.1, 0.15) is 18.1 Å². The molecule has 4 nitrogen and oxygen atoms in total. The number of aryl methyl sites for hydroxylation is 1. The van der Waals surface area contributed by atoms with Gasteiger partial charge in [0.1, 0.15) is 11.9 Å². The van der Waals surface area contributed by atoms with Crippen LogP contribution < -0.4 is 10.1 Å².